The number of hydrogen-bond donors (Lipinski definition) is 2. The highest BCUT2D eigenvalue weighted by Gasteiger charge is 2.07. The predicted molar refractivity (Wildman–Crippen MR) is 100 cm³/mol. The first kappa shape index (κ1) is 18.5. The number of carbonyl (C=O) groups excluding carboxylic acids is 2. The number of anilines is 2. The molecule has 0 spiro atoms. The Morgan fingerprint density at radius 3 is 2.56 bits per heavy atom. The molecule has 0 radical (unpaired) electrons. The lowest BCUT2D eigenvalue weighted by Crippen LogP contribution is -2.17. The average Bonchev–Trinajstić information content (AvgIpc) is 2.56. The van der Waals surface area contributed by atoms with Gasteiger partial charge in [-0.05, 0) is 45.0 Å². The summed E-state index contributed by atoms with van der Waals surface area (Å²) in [5.74, 6) is 0.627. The molecule has 0 aromatic heterocycles. The summed E-state index contributed by atoms with van der Waals surface area (Å²) in [7, 11) is 0. The van der Waals surface area contributed by atoms with Crippen molar-refractivity contribution in [2.24, 2.45) is 0 Å². The van der Waals surface area contributed by atoms with Gasteiger partial charge in [-0.1, -0.05) is 24.3 Å². The summed E-state index contributed by atoms with van der Waals surface area (Å²) in [6.07, 6.45) is 0.389. The van der Waals surface area contributed by atoms with Crippen LogP contribution in [0.4, 0.5) is 11.4 Å². The molecule has 2 aromatic rings. The maximum atomic E-state index is 12.1. The van der Waals surface area contributed by atoms with Crippen LogP contribution in [0.2, 0.25) is 0 Å². The lowest BCUT2D eigenvalue weighted by atomic mass is 10.1. The van der Waals surface area contributed by atoms with Crippen molar-refractivity contribution < 1.29 is 14.3 Å². The smallest absolute Gasteiger partial charge is 0.226 e. The van der Waals surface area contributed by atoms with Gasteiger partial charge >= 0.3 is 0 Å². The minimum Gasteiger partial charge on any atom is -0.489 e. The standard InChI is InChI=1S/C20H24N2O3/c1-14(2)25-19-10-5-4-9-18(19)21-12-11-20(24)22-17-8-6-7-16(13-17)15(3)23/h4-10,13-14,21H,11-12H2,1-3H3,(H,22,24). The topological polar surface area (TPSA) is 67.4 Å². The Balaban J connectivity index is 1.87. The second kappa shape index (κ2) is 8.87. The number of para-hydroxylation sites is 2. The number of Topliss-reactive ketones (excluding diaryl/α,β-unsaturated/α-hetero) is 1. The molecule has 2 aromatic carbocycles. The highest BCUT2D eigenvalue weighted by atomic mass is 16.5. The number of ketones is 1. The molecular weight excluding hydrogens is 316 g/mol. The van der Waals surface area contributed by atoms with Crippen molar-refractivity contribution in [1.82, 2.24) is 0 Å². The zero-order valence-corrected chi connectivity index (χ0v) is 14.8. The van der Waals surface area contributed by atoms with E-state index >= 15 is 0 Å². The van der Waals surface area contributed by atoms with E-state index in [-0.39, 0.29) is 17.8 Å². The van der Waals surface area contributed by atoms with Crippen LogP contribution in [0.3, 0.4) is 0 Å². The van der Waals surface area contributed by atoms with E-state index in [1.54, 1.807) is 24.3 Å². The van der Waals surface area contributed by atoms with Gasteiger partial charge in [0, 0.05) is 24.2 Å². The Morgan fingerprint density at radius 1 is 1.08 bits per heavy atom. The van der Waals surface area contributed by atoms with Gasteiger partial charge in [0.25, 0.3) is 0 Å². The summed E-state index contributed by atoms with van der Waals surface area (Å²) >= 11 is 0. The van der Waals surface area contributed by atoms with E-state index in [1.807, 2.05) is 38.1 Å². The first-order valence-corrected chi connectivity index (χ1v) is 8.36. The Morgan fingerprint density at radius 2 is 1.84 bits per heavy atom. The number of ether oxygens (including phenoxy) is 1. The molecule has 1 amide bonds. The van der Waals surface area contributed by atoms with Crippen LogP contribution in [0.25, 0.3) is 0 Å². The monoisotopic (exact) mass is 340 g/mol. The minimum atomic E-state index is -0.115. The molecule has 0 aliphatic rings. The molecule has 0 heterocycles. The van der Waals surface area contributed by atoms with Gasteiger partial charge in [-0.25, -0.2) is 0 Å². The quantitative estimate of drug-likeness (QED) is 0.710. The zero-order chi connectivity index (χ0) is 18.2. The van der Waals surface area contributed by atoms with Crippen molar-refractivity contribution in [2.45, 2.75) is 33.3 Å². The van der Waals surface area contributed by atoms with Gasteiger partial charge in [-0.2, -0.15) is 0 Å². The van der Waals surface area contributed by atoms with E-state index < -0.39 is 0 Å². The molecule has 25 heavy (non-hydrogen) atoms. The third-order valence-corrected chi connectivity index (χ3v) is 3.47. The highest BCUT2D eigenvalue weighted by Crippen LogP contribution is 2.24. The van der Waals surface area contributed by atoms with Crippen molar-refractivity contribution in [3.8, 4) is 5.75 Å². The van der Waals surface area contributed by atoms with Crippen LogP contribution in [0.5, 0.6) is 5.75 Å². The molecule has 0 aliphatic carbocycles. The number of benzene rings is 2. The fourth-order valence-corrected chi connectivity index (χ4v) is 2.32. The lowest BCUT2D eigenvalue weighted by molar-refractivity contribution is -0.115. The summed E-state index contributed by atoms with van der Waals surface area (Å²) in [4.78, 5) is 23.5. The molecule has 5 heteroatoms. The van der Waals surface area contributed by atoms with Crippen LogP contribution in [0.1, 0.15) is 37.6 Å². The molecule has 0 saturated heterocycles. The van der Waals surface area contributed by atoms with Gasteiger partial charge in [-0.3, -0.25) is 9.59 Å². The van der Waals surface area contributed by atoms with E-state index in [2.05, 4.69) is 10.6 Å². The third-order valence-electron chi connectivity index (χ3n) is 3.47. The van der Waals surface area contributed by atoms with Crippen LogP contribution in [0, 0.1) is 0 Å². The molecule has 0 saturated carbocycles. The molecule has 2 N–H and O–H groups in total. The molecule has 0 atom stereocenters. The van der Waals surface area contributed by atoms with Crippen molar-refractivity contribution in [2.75, 3.05) is 17.2 Å². The fraction of sp³-hybridized carbons (Fsp3) is 0.300. The average molecular weight is 340 g/mol. The zero-order valence-electron chi connectivity index (χ0n) is 14.8. The lowest BCUT2D eigenvalue weighted by Gasteiger charge is -2.15. The predicted octanol–water partition coefficient (Wildman–Crippen LogP) is 4.12. The molecule has 2 rings (SSSR count). The Hall–Kier alpha value is -2.82. The largest absolute Gasteiger partial charge is 0.489 e. The van der Waals surface area contributed by atoms with Crippen molar-refractivity contribution >= 4 is 23.1 Å². The minimum absolute atomic E-state index is 0.0282. The van der Waals surface area contributed by atoms with E-state index in [1.165, 1.54) is 6.92 Å². The van der Waals surface area contributed by atoms with Crippen LogP contribution in [-0.4, -0.2) is 24.3 Å². The van der Waals surface area contributed by atoms with Gasteiger partial charge in [0.15, 0.2) is 5.78 Å². The van der Waals surface area contributed by atoms with Crippen LogP contribution in [-0.2, 0) is 4.79 Å². The summed E-state index contributed by atoms with van der Waals surface area (Å²) < 4.78 is 5.74. The Kier molecular flexibility index (Phi) is 6.57. The first-order valence-electron chi connectivity index (χ1n) is 8.36. The number of carbonyl (C=O) groups is 2. The number of hydrogen-bond acceptors (Lipinski definition) is 4. The van der Waals surface area contributed by atoms with Crippen molar-refractivity contribution in [3.05, 3.63) is 54.1 Å². The second-order valence-electron chi connectivity index (χ2n) is 6.02. The fourth-order valence-electron chi connectivity index (χ4n) is 2.32. The summed E-state index contributed by atoms with van der Waals surface area (Å²) in [6, 6.07) is 14.6. The van der Waals surface area contributed by atoms with E-state index in [4.69, 9.17) is 4.74 Å². The SMILES string of the molecule is CC(=O)c1cccc(NC(=O)CCNc2ccccc2OC(C)C)c1. The van der Waals surface area contributed by atoms with Gasteiger partial charge in [0.1, 0.15) is 5.75 Å². The van der Waals surface area contributed by atoms with Crippen molar-refractivity contribution in [1.29, 1.82) is 0 Å². The maximum absolute atomic E-state index is 12.1. The normalized spacial score (nSPS) is 10.4. The molecule has 132 valence electrons. The number of rotatable bonds is 8. The van der Waals surface area contributed by atoms with Gasteiger partial charge in [0.05, 0.1) is 11.8 Å². The van der Waals surface area contributed by atoms with E-state index in [0.29, 0.717) is 24.2 Å². The van der Waals surface area contributed by atoms with Crippen LogP contribution in [0.15, 0.2) is 48.5 Å². The van der Waals surface area contributed by atoms with Crippen molar-refractivity contribution in [3.63, 3.8) is 0 Å². The summed E-state index contributed by atoms with van der Waals surface area (Å²) in [5, 5.41) is 6.03. The first-order chi connectivity index (χ1) is 12.0. The number of nitrogens with one attached hydrogen (secondary N) is 2. The van der Waals surface area contributed by atoms with E-state index in [9.17, 15) is 9.59 Å². The third kappa shape index (κ3) is 5.95. The summed E-state index contributed by atoms with van der Waals surface area (Å²) in [5.41, 5.74) is 2.07. The van der Waals surface area contributed by atoms with Gasteiger partial charge in [-0.15, -0.1) is 0 Å². The second-order valence-corrected chi connectivity index (χ2v) is 6.02. The van der Waals surface area contributed by atoms with E-state index in [0.717, 1.165) is 11.4 Å². The molecule has 0 aliphatic heterocycles. The van der Waals surface area contributed by atoms with Gasteiger partial charge in [0.2, 0.25) is 5.91 Å². The Labute approximate surface area is 148 Å². The molecule has 0 bridgehead atoms. The maximum Gasteiger partial charge on any atom is 0.226 e. The molecule has 0 unspecified atom stereocenters. The molecule has 0 fully saturated rings. The molecular formula is C20H24N2O3. The Bertz CT molecular complexity index is 741. The summed E-state index contributed by atoms with van der Waals surface area (Å²) in [6.45, 7) is 5.93. The molecule has 5 nitrogen and oxygen atoms in total. The number of amides is 1. The highest BCUT2D eigenvalue weighted by molar-refractivity contribution is 5.97. The van der Waals surface area contributed by atoms with Gasteiger partial charge < -0.3 is 15.4 Å². The van der Waals surface area contributed by atoms with Crippen LogP contribution >= 0.6 is 0 Å². The van der Waals surface area contributed by atoms with Crippen LogP contribution < -0.4 is 15.4 Å².